The molecule has 0 fully saturated rings. The first-order valence-electron chi connectivity index (χ1n) is 7.81. The van der Waals surface area contributed by atoms with Gasteiger partial charge in [0.25, 0.3) is 0 Å². The molecule has 2 heteroatoms. The van der Waals surface area contributed by atoms with E-state index in [1.807, 2.05) is 48.5 Å². The monoisotopic (exact) mass is 313 g/mol. The van der Waals surface area contributed by atoms with Crippen LogP contribution in [0.1, 0.15) is 11.3 Å². The molecule has 0 N–H and O–H groups in total. The van der Waals surface area contributed by atoms with Gasteiger partial charge in [-0.05, 0) is 19.1 Å². The lowest BCUT2D eigenvalue weighted by molar-refractivity contribution is 0.588. The Labute approximate surface area is 142 Å². The Morgan fingerprint density at radius 3 is 2.29 bits per heavy atom. The molecule has 0 saturated carbocycles. The van der Waals surface area contributed by atoms with Crippen molar-refractivity contribution >= 4 is 5.57 Å². The number of aromatic nitrogens is 1. The van der Waals surface area contributed by atoms with Crippen LogP contribution < -0.4 is 0 Å². The Morgan fingerprint density at radius 1 is 0.958 bits per heavy atom. The molecule has 0 aliphatic carbocycles. The lowest BCUT2D eigenvalue weighted by Gasteiger charge is -2.01. The van der Waals surface area contributed by atoms with E-state index in [9.17, 15) is 0 Å². The third kappa shape index (κ3) is 3.13. The first kappa shape index (κ1) is 15.8. The van der Waals surface area contributed by atoms with E-state index in [2.05, 4.69) is 32.2 Å². The van der Waals surface area contributed by atoms with Gasteiger partial charge in [0, 0.05) is 16.7 Å². The summed E-state index contributed by atoms with van der Waals surface area (Å²) < 4.78 is 6.12. The Bertz CT molecular complexity index is 883. The van der Waals surface area contributed by atoms with Crippen molar-refractivity contribution in [1.29, 1.82) is 0 Å². The van der Waals surface area contributed by atoms with Gasteiger partial charge >= 0.3 is 0 Å². The van der Waals surface area contributed by atoms with Crippen LogP contribution in [0.25, 0.3) is 28.4 Å². The average Bonchev–Trinajstić information content (AvgIpc) is 3.06. The van der Waals surface area contributed by atoms with Crippen molar-refractivity contribution in [2.45, 2.75) is 6.92 Å². The van der Waals surface area contributed by atoms with E-state index in [4.69, 9.17) is 9.40 Å². The van der Waals surface area contributed by atoms with Gasteiger partial charge in [0.2, 0.25) is 5.89 Å². The summed E-state index contributed by atoms with van der Waals surface area (Å²) in [5, 5.41) is 0. The third-order valence-corrected chi connectivity index (χ3v) is 3.75. The number of rotatable bonds is 5. The van der Waals surface area contributed by atoms with Crippen molar-refractivity contribution in [3.63, 3.8) is 0 Å². The number of hydrogen-bond donors (Lipinski definition) is 0. The Hall–Kier alpha value is -3.13. The molecule has 24 heavy (non-hydrogen) atoms. The quantitative estimate of drug-likeness (QED) is 0.534. The molecular formula is C22H19NO. The Kier molecular flexibility index (Phi) is 4.57. The highest BCUT2D eigenvalue weighted by atomic mass is 16.4. The Balaban J connectivity index is 2.19. The van der Waals surface area contributed by atoms with Crippen LogP contribution in [0, 0.1) is 6.92 Å². The summed E-state index contributed by atoms with van der Waals surface area (Å²) in [6.07, 6.45) is 5.38. The van der Waals surface area contributed by atoms with Gasteiger partial charge in [-0.3, -0.25) is 0 Å². The van der Waals surface area contributed by atoms with Crippen molar-refractivity contribution in [2.75, 3.05) is 0 Å². The molecule has 118 valence electrons. The minimum Gasteiger partial charge on any atom is -0.435 e. The van der Waals surface area contributed by atoms with Crippen molar-refractivity contribution in [1.82, 2.24) is 4.98 Å². The molecule has 0 spiro atoms. The van der Waals surface area contributed by atoms with Gasteiger partial charge in [0.05, 0.1) is 0 Å². The highest BCUT2D eigenvalue weighted by Gasteiger charge is 2.18. The van der Waals surface area contributed by atoms with Crippen LogP contribution in [-0.4, -0.2) is 4.98 Å². The first-order valence-corrected chi connectivity index (χ1v) is 7.81. The summed E-state index contributed by atoms with van der Waals surface area (Å²) in [7, 11) is 0. The van der Waals surface area contributed by atoms with Crippen LogP contribution in [0.15, 0.2) is 90.4 Å². The van der Waals surface area contributed by atoms with Gasteiger partial charge in [-0.1, -0.05) is 79.4 Å². The molecule has 1 aromatic heterocycles. The molecule has 0 aliphatic heterocycles. The molecule has 0 atom stereocenters. The summed E-state index contributed by atoms with van der Waals surface area (Å²) in [5.74, 6) is 1.33. The maximum absolute atomic E-state index is 6.12. The SMILES string of the molecule is C=C/C=C(\C=C)c1nc(-c2ccc(C)cc2)oc1-c1ccccc1. The summed E-state index contributed by atoms with van der Waals surface area (Å²) in [5.41, 5.74) is 4.78. The lowest BCUT2D eigenvalue weighted by Crippen LogP contribution is -1.86. The summed E-state index contributed by atoms with van der Waals surface area (Å²) in [6, 6.07) is 18.1. The maximum atomic E-state index is 6.12. The fourth-order valence-electron chi connectivity index (χ4n) is 2.49. The van der Waals surface area contributed by atoms with Crippen molar-refractivity contribution in [3.8, 4) is 22.8 Å². The average molecular weight is 313 g/mol. The fraction of sp³-hybridized carbons (Fsp3) is 0.0455. The fourth-order valence-corrected chi connectivity index (χ4v) is 2.49. The molecule has 2 nitrogen and oxygen atoms in total. The van der Waals surface area contributed by atoms with E-state index in [0.29, 0.717) is 5.89 Å². The van der Waals surface area contributed by atoms with Gasteiger partial charge < -0.3 is 4.42 Å². The van der Waals surface area contributed by atoms with Crippen molar-refractivity contribution in [2.24, 2.45) is 0 Å². The number of allylic oxidation sites excluding steroid dienone is 4. The molecule has 0 amide bonds. The highest BCUT2D eigenvalue weighted by molar-refractivity contribution is 5.82. The summed E-state index contributed by atoms with van der Waals surface area (Å²) in [6.45, 7) is 9.71. The normalized spacial score (nSPS) is 11.3. The van der Waals surface area contributed by atoms with E-state index in [1.54, 1.807) is 12.2 Å². The number of nitrogens with zero attached hydrogens (tertiary/aromatic N) is 1. The second-order valence-corrected chi connectivity index (χ2v) is 5.49. The number of oxazole rings is 1. The Morgan fingerprint density at radius 2 is 1.67 bits per heavy atom. The molecule has 0 aliphatic rings. The van der Waals surface area contributed by atoms with Crippen LogP contribution in [0.4, 0.5) is 0 Å². The van der Waals surface area contributed by atoms with Crippen molar-refractivity contribution in [3.05, 3.63) is 97.2 Å². The van der Waals surface area contributed by atoms with E-state index >= 15 is 0 Å². The zero-order chi connectivity index (χ0) is 16.9. The third-order valence-electron chi connectivity index (χ3n) is 3.75. The van der Waals surface area contributed by atoms with Gasteiger partial charge in [-0.2, -0.15) is 0 Å². The van der Waals surface area contributed by atoms with Gasteiger partial charge in [0.15, 0.2) is 5.76 Å². The summed E-state index contributed by atoms with van der Waals surface area (Å²) >= 11 is 0. The molecule has 3 aromatic rings. The standard InChI is InChI=1S/C22H19NO/c1-4-9-17(5-2)20-21(18-10-7-6-8-11-18)24-22(23-20)19-14-12-16(3)13-15-19/h4-15H,1-2H2,3H3/b17-9+. The van der Waals surface area contributed by atoms with Gasteiger partial charge in [0.1, 0.15) is 5.69 Å². The van der Waals surface area contributed by atoms with Crippen LogP contribution in [0.3, 0.4) is 0 Å². The topological polar surface area (TPSA) is 26.0 Å². The highest BCUT2D eigenvalue weighted by Crippen LogP contribution is 2.34. The second kappa shape index (κ2) is 6.97. The lowest BCUT2D eigenvalue weighted by atomic mass is 10.1. The largest absolute Gasteiger partial charge is 0.435 e. The predicted octanol–water partition coefficient (Wildman–Crippen LogP) is 6.07. The van der Waals surface area contributed by atoms with Crippen LogP contribution in [0.2, 0.25) is 0 Å². The van der Waals surface area contributed by atoms with E-state index in [0.717, 1.165) is 28.2 Å². The molecule has 2 aromatic carbocycles. The minimum absolute atomic E-state index is 0.598. The zero-order valence-corrected chi connectivity index (χ0v) is 13.7. The molecule has 0 unspecified atom stereocenters. The van der Waals surface area contributed by atoms with Gasteiger partial charge in [-0.25, -0.2) is 4.98 Å². The number of aryl methyl sites for hydroxylation is 1. The molecule has 3 rings (SSSR count). The van der Waals surface area contributed by atoms with Crippen LogP contribution in [0.5, 0.6) is 0 Å². The second-order valence-electron chi connectivity index (χ2n) is 5.49. The number of hydrogen-bond acceptors (Lipinski definition) is 2. The van der Waals surface area contributed by atoms with E-state index in [1.165, 1.54) is 5.56 Å². The van der Waals surface area contributed by atoms with Crippen LogP contribution >= 0.6 is 0 Å². The minimum atomic E-state index is 0.598. The molecule has 0 radical (unpaired) electrons. The summed E-state index contributed by atoms with van der Waals surface area (Å²) in [4.78, 5) is 4.72. The smallest absolute Gasteiger partial charge is 0.227 e. The molecule has 0 saturated heterocycles. The first-order chi connectivity index (χ1) is 11.7. The van der Waals surface area contributed by atoms with Crippen LogP contribution in [-0.2, 0) is 0 Å². The maximum Gasteiger partial charge on any atom is 0.227 e. The molecular weight excluding hydrogens is 294 g/mol. The number of benzene rings is 2. The zero-order valence-electron chi connectivity index (χ0n) is 13.7. The molecule has 1 heterocycles. The van der Waals surface area contributed by atoms with E-state index in [-0.39, 0.29) is 0 Å². The molecule has 0 bridgehead atoms. The van der Waals surface area contributed by atoms with E-state index < -0.39 is 0 Å². The van der Waals surface area contributed by atoms with Crippen molar-refractivity contribution < 1.29 is 4.42 Å². The predicted molar refractivity (Wildman–Crippen MR) is 100 cm³/mol. The van der Waals surface area contributed by atoms with Gasteiger partial charge in [-0.15, -0.1) is 0 Å².